The van der Waals surface area contributed by atoms with Crippen LogP contribution in [0, 0.1) is 11.8 Å². The maximum Gasteiger partial charge on any atom is 0.0534 e. The molecule has 3 nitrogen and oxygen atoms in total. The summed E-state index contributed by atoms with van der Waals surface area (Å²) in [4.78, 5) is 0. The van der Waals surface area contributed by atoms with E-state index in [1.165, 1.54) is 18.4 Å². The van der Waals surface area contributed by atoms with E-state index >= 15 is 0 Å². The Balaban J connectivity index is 1.76. The third-order valence-electron chi connectivity index (χ3n) is 3.62. The molecule has 1 aromatic heterocycles. The molecule has 1 fully saturated rings. The minimum absolute atomic E-state index is 0.418. The summed E-state index contributed by atoms with van der Waals surface area (Å²) in [6.07, 6.45) is 6.53. The van der Waals surface area contributed by atoms with E-state index in [-0.39, 0.29) is 0 Å². The fraction of sp³-hybridized carbons (Fsp3) is 0.750. The number of hydrogen-bond donors (Lipinski definition) is 2. The van der Waals surface area contributed by atoms with E-state index in [4.69, 9.17) is 0 Å². The van der Waals surface area contributed by atoms with E-state index in [0.29, 0.717) is 12.1 Å². The number of nitrogens with one attached hydrogen (secondary N) is 2. The van der Waals surface area contributed by atoms with Gasteiger partial charge in [0, 0.05) is 23.8 Å². The third kappa shape index (κ3) is 2.40. The topological polar surface area (TPSA) is 40.7 Å². The number of H-pyrrole nitrogens is 1. The summed E-state index contributed by atoms with van der Waals surface area (Å²) >= 11 is 0. The van der Waals surface area contributed by atoms with E-state index < -0.39 is 0 Å². The molecule has 0 amide bonds. The normalized spacial score (nSPS) is 27.7. The van der Waals surface area contributed by atoms with Crippen LogP contribution in [0.3, 0.4) is 0 Å². The quantitative estimate of drug-likeness (QED) is 0.796. The highest BCUT2D eigenvalue weighted by Gasteiger charge is 2.31. The molecule has 84 valence electrons. The van der Waals surface area contributed by atoms with Crippen LogP contribution in [0.5, 0.6) is 0 Å². The Morgan fingerprint density at radius 1 is 1.40 bits per heavy atom. The van der Waals surface area contributed by atoms with Gasteiger partial charge in [-0.2, -0.15) is 5.10 Å². The predicted molar refractivity (Wildman–Crippen MR) is 61.5 cm³/mol. The van der Waals surface area contributed by atoms with Crippen LogP contribution in [0.1, 0.15) is 45.2 Å². The number of aromatic amines is 1. The van der Waals surface area contributed by atoms with E-state index in [9.17, 15) is 0 Å². The number of rotatable bonds is 4. The highest BCUT2D eigenvalue weighted by Crippen LogP contribution is 2.34. The molecule has 1 aromatic rings. The van der Waals surface area contributed by atoms with Crippen LogP contribution >= 0.6 is 0 Å². The Hall–Kier alpha value is -0.830. The van der Waals surface area contributed by atoms with Crippen LogP contribution in [-0.4, -0.2) is 16.2 Å². The minimum atomic E-state index is 0.418. The molecule has 0 aliphatic heterocycles. The van der Waals surface area contributed by atoms with Crippen LogP contribution in [0.2, 0.25) is 0 Å². The lowest BCUT2D eigenvalue weighted by molar-refractivity contribution is 0.159. The van der Waals surface area contributed by atoms with Gasteiger partial charge in [-0.15, -0.1) is 0 Å². The first-order valence-electron chi connectivity index (χ1n) is 5.91. The first-order chi connectivity index (χ1) is 7.16. The molecule has 0 spiro atoms. The lowest BCUT2D eigenvalue weighted by Gasteiger charge is -2.40. The maximum atomic E-state index is 3.97. The van der Waals surface area contributed by atoms with E-state index in [0.717, 1.165) is 11.8 Å². The van der Waals surface area contributed by atoms with Crippen LogP contribution < -0.4 is 5.32 Å². The van der Waals surface area contributed by atoms with Gasteiger partial charge in [-0.3, -0.25) is 5.10 Å². The zero-order valence-electron chi connectivity index (χ0n) is 9.83. The Morgan fingerprint density at radius 3 is 2.67 bits per heavy atom. The van der Waals surface area contributed by atoms with Gasteiger partial charge in [0.05, 0.1) is 6.20 Å². The van der Waals surface area contributed by atoms with Gasteiger partial charge in [0.25, 0.3) is 0 Å². The van der Waals surface area contributed by atoms with Crippen LogP contribution in [0.15, 0.2) is 12.4 Å². The monoisotopic (exact) mass is 207 g/mol. The summed E-state index contributed by atoms with van der Waals surface area (Å²) in [5.41, 5.74) is 1.25. The maximum absolute atomic E-state index is 3.97. The Kier molecular flexibility index (Phi) is 3.10. The van der Waals surface area contributed by atoms with Gasteiger partial charge < -0.3 is 5.32 Å². The van der Waals surface area contributed by atoms with Crippen molar-refractivity contribution in [2.45, 2.75) is 45.7 Å². The van der Waals surface area contributed by atoms with Crippen molar-refractivity contribution in [2.75, 3.05) is 0 Å². The molecule has 1 heterocycles. The largest absolute Gasteiger partial charge is 0.307 e. The molecule has 2 N–H and O–H groups in total. The van der Waals surface area contributed by atoms with Crippen LogP contribution in [0.4, 0.5) is 0 Å². The Labute approximate surface area is 91.7 Å². The molecule has 2 rings (SSSR count). The number of nitrogens with zero attached hydrogens (tertiary/aromatic N) is 1. The number of hydrogen-bond acceptors (Lipinski definition) is 2. The third-order valence-corrected chi connectivity index (χ3v) is 3.62. The van der Waals surface area contributed by atoms with Gasteiger partial charge in [0.1, 0.15) is 0 Å². The zero-order chi connectivity index (χ0) is 10.8. The summed E-state index contributed by atoms with van der Waals surface area (Å²) in [5.74, 6) is 1.77. The van der Waals surface area contributed by atoms with Crippen molar-refractivity contribution in [1.29, 1.82) is 0 Å². The van der Waals surface area contributed by atoms with Gasteiger partial charge in [-0.1, -0.05) is 13.8 Å². The first-order valence-corrected chi connectivity index (χ1v) is 5.91. The smallest absolute Gasteiger partial charge is 0.0534 e. The summed E-state index contributed by atoms with van der Waals surface area (Å²) < 4.78 is 0. The molecular formula is C12H21N3. The Morgan fingerprint density at radius 2 is 2.13 bits per heavy atom. The standard InChI is InChI=1S/C12H21N3/c1-8(2)10-4-12(5-10)15-9(3)11-6-13-14-7-11/h6-10,12,15H,4-5H2,1-3H3,(H,13,14). The van der Waals surface area contributed by atoms with Gasteiger partial charge >= 0.3 is 0 Å². The molecule has 1 unspecified atom stereocenters. The SMILES string of the molecule is CC(NC1CC(C(C)C)C1)c1cn[nH]c1. The molecule has 15 heavy (non-hydrogen) atoms. The molecule has 0 saturated heterocycles. The average Bonchev–Trinajstić information content (AvgIpc) is 2.61. The molecular weight excluding hydrogens is 186 g/mol. The molecule has 1 saturated carbocycles. The van der Waals surface area contributed by atoms with Crippen molar-refractivity contribution in [1.82, 2.24) is 15.5 Å². The second kappa shape index (κ2) is 4.35. The summed E-state index contributed by atoms with van der Waals surface area (Å²) in [7, 11) is 0. The molecule has 3 heteroatoms. The molecule has 0 aromatic carbocycles. The highest BCUT2D eigenvalue weighted by molar-refractivity contribution is 5.08. The Bertz CT molecular complexity index is 286. The van der Waals surface area contributed by atoms with Gasteiger partial charge in [0.2, 0.25) is 0 Å². The fourth-order valence-corrected chi connectivity index (χ4v) is 2.29. The van der Waals surface area contributed by atoms with Crippen molar-refractivity contribution in [3.8, 4) is 0 Å². The van der Waals surface area contributed by atoms with Gasteiger partial charge in [-0.25, -0.2) is 0 Å². The minimum Gasteiger partial charge on any atom is -0.307 e. The van der Waals surface area contributed by atoms with Crippen molar-refractivity contribution in [3.05, 3.63) is 18.0 Å². The lowest BCUT2D eigenvalue weighted by Crippen LogP contribution is -2.43. The van der Waals surface area contributed by atoms with Crippen LogP contribution in [0.25, 0.3) is 0 Å². The summed E-state index contributed by atoms with van der Waals surface area (Å²) in [6.45, 7) is 6.84. The molecule has 1 aliphatic carbocycles. The van der Waals surface area contributed by atoms with Gasteiger partial charge in [-0.05, 0) is 31.6 Å². The van der Waals surface area contributed by atoms with Crippen molar-refractivity contribution < 1.29 is 0 Å². The molecule has 1 atom stereocenters. The van der Waals surface area contributed by atoms with E-state index in [1.54, 1.807) is 0 Å². The van der Waals surface area contributed by atoms with E-state index in [1.807, 2.05) is 12.4 Å². The predicted octanol–water partition coefficient (Wildman–Crippen LogP) is 2.49. The summed E-state index contributed by atoms with van der Waals surface area (Å²) in [5, 5.41) is 10.5. The van der Waals surface area contributed by atoms with Gasteiger partial charge in [0.15, 0.2) is 0 Å². The van der Waals surface area contributed by atoms with Crippen molar-refractivity contribution >= 4 is 0 Å². The fourth-order valence-electron chi connectivity index (χ4n) is 2.29. The zero-order valence-corrected chi connectivity index (χ0v) is 9.83. The second-order valence-corrected chi connectivity index (χ2v) is 5.09. The molecule has 0 bridgehead atoms. The van der Waals surface area contributed by atoms with E-state index in [2.05, 4.69) is 36.3 Å². The highest BCUT2D eigenvalue weighted by atomic mass is 15.1. The average molecular weight is 207 g/mol. The number of aromatic nitrogens is 2. The molecule has 1 aliphatic rings. The van der Waals surface area contributed by atoms with Crippen molar-refractivity contribution in [3.63, 3.8) is 0 Å². The first kappa shape index (κ1) is 10.7. The van der Waals surface area contributed by atoms with Crippen molar-refractivity contribution in [2.24, 2.45) is 11.8 Å². The van der Waals surface area contributed by atoms with Crippen LogP contribution in [-0.2, 0) is 0 Å². The lowest BCUT2D eigenvalue weighted by atomic mass is 9.73. The molecule has 0 radical (unpaired) electrons. The summed E-state index contributed by atoms with van der Waals surface area (Å²) in [6, 6.07) is 1.13. The second-order valence-electron chi connectivity index (χ2n) is 5.09.